The second kappa shape index (κ2) is 4.95. The third-order valence-corrected chi connectivity index (χ3v) is 2.61. The predicted molar refractivity (Wildman–Crippen MR) is 66.8 cm³/mol. The first kappa shape index (κ1) is 11.6. The summed E-state index contributed by atoms with van der Waals surface area (Å²) in [5.41, 5.74) is 1.93. The van der Waals surface area contributed by atoms with Crippen LogP contribution in [0.3, 0.4) is 0 Å². The number of hydrogen-bond donors (Lipinski definition) is 1. The van der Waals surface area contributed by atoms with Crippen molar-refractivity contribution in [2.75, 3.05) is 5.32 Å². The maximum atomic E-state index is 4.44. The molecule has 0 spiro atoms. The van der Waals surface area contributed by atoms with Gasteiger partial charge >= 0.3 is 0 Å². The van der Waals surface area contributed by atoms with Crippen molar-refractivity contribution < 1.29 is 0 Å². The smallest absolute Gasteiger partial charge is 0.145 e. The van der Waals surface area contributed by atoms with Crippen LogP contribution in [0, 0.1) is 13.8 Å². The molecule has 1 atom stereocenters. The van der Waals surface area contributed by atoms with Crippen molar-refractivity contribution in [1.82, 2.24) is 19.7 Å². The highest BCUT2D eigenvalue weighted by atomic mass is 15.3. The molecule has 0 aliphatic rings. The van der Waals surface area contributed by atoms with E-state index in [9.17, 15) is 0 Å². The second-order valence-corrected chi connectivity index (χ2v) is 4.20. The van der Waals surface area contributed by atoms with Crippen LogP contribution in [0.25, 0.3) is 0 Å². The highest BCUT2D eigenvalue weighted by Gasteiger charge is 2.05. The Morgan fingerprint density at radius 1 is 1.35 bits per heavy atom. The molecule has 0 aliphatic carbocycles. The zero-order chi connectivity index (χ0) is 12.3. The SMILES string of the molecule is Cc1ncc(NC(C)Cn2cccn2)nc1C. The van der Waals surface area contributed by atoms with Crippen molar-refractivity contribution in [2.45, 2.75) is 33.4 Å². The summed E-state index contributed by atoms with van der Waals surface area (Å²) in [4.78, 5) is 8.72. The molecule has 0 bridgehead atoms. The van der Waals surface area contributed by atoms with Crippen LogP contribution in [0.4, 0.5) is 5.82 Å². The third-order valence-electron chi connectivity index (χ3n) is 2.61. The van der Waals surface area contributed by atoms with E-state index in [1.165, 1.54) is 0 Å². The van der Waals surface area contributed by atoms with Crippen LogP contribution in [0.5, 0.6) is 0 Å². The molecular weight excluding hydrogens is 214 g/mol. The minimum Gasteiger partial charge on any atom is -0.364 e. The number of anilines is 1. The summed E-state index contributed by atoms with van der Waals surface area (Å²) in [6.45, 7) is 6.82. The van der Waals surface area contributed by atoms with Crippen LogP contribution in [0.2, 0.25) is 0 Å². The molecule has 2 aromatic rings. The van der Waals surface area contributed by atoms with E-state index in [0.29, 0.717) is 0 Å². The van der Waals surface area contributed by atoms with Crippen molar-refractivity contribution >= 4 is 5.82 Å². The van der Waals surface area contributed by atoms with Gasteiger partial charge in [0.05, 0.1) is 24.1 Å². The molecule has 17 heavy (non-hydrogen) atoms. The van der Waals surface area contributed by atoms with Crippen molar-refractivity contribution in [1.29, 1.82) is 0 Å². The summed E-state index contributed by atoms with van der Waals surface area (Å²) >= 11 is 0. The molecule has 5 heteroatoms. The molecular formula is C12H17N5. The number of nitrogens with zero attached hydrogens (tertiary/aromatic N) is 4. The first-order chi connectivity index (χ1) is 8.15. The molecule has 0 amide bonds. The lowest BCUT2D eigenvalue weighted by molar-refractivity contribution is 0.559. The summed E-state index contributed by atoms with van der Waals surface area (Å²) < 4.78 is 1.89. The second-order valence-electron chi connectivity index (χ2n) is 4.20. The van der Waals surface area contributed by atoms with E-state index in [2.05, 4.69) is 27.3 Å². The molecule has 2 heterocycles. The van der Waals surface area contributed by atoms with Gasteiger partial charge in [-0.2, -0.15) is 5.10 Å². The molecule has 2 rings (SSSR count). The van der Waals surface area contributed by atoms with E-state index in [-0.39, 0.29) is 6.04 Å². The zero-order valence-electron chi connectivity index (χ0n) is 10.4. The van der Waals surface area contributed by atoms with Gasteiger partial charge < -0.3 is 5.32 Å². The number of nitrogens with one attached hydrogen (secondary N) is 1. The predicted octanol–water partition coefficient (Wildman–Crippen LogP) is 1.79. The number of hydrogen-bond acceptors (Lipinski definition) is 4. The summed E-state index contributed by atoms with van der Waals surface area (Å²) in [6, 6.07) is 2.18. The zero-order valence-corrected chi connectivity index (χ0v) is 10.4. The van der Waals surface area contributed by atoms with Gasteiger partial charge in [0.25, 0.3) is 0 Å². The molecule has 90 valence electrons. The first-order valence-corrected chi connectivity index (χ1v) is 5.69. The van der Waals surface area contributed by atoms with Gasteiger partial charge in [0.15, 0.2) is 0 Å². The van der Waals surface area contributed by atoms with E-state index in [1.54, 1.807) is 12.4 Å². The normalized spacial score (nSPS) is 12.4. The van der Waals surface area contributed by atoms with E-state index in [4.69, 9.17) is 0 Å². The van der Waals surface area contributed by atoms with Gasteiger partial charge in [-0.3, -0.25) is 9.67 Å². The van der Waals surface area contributed by atoms with E-state index >= 15 is 0 Å². The van der Waals surface area contributed by atoms with E-state index in [0.717, 1.165) is 23.8 Å². The average molecular weight is 231 g/mol. The van der Waals surface area contributed by atoms with Gasteiger partial charge in [0.2, 0.25) is 0 Å². The fourth-order valence-electron chi connectivity index (χ4n) is 1.60. The van der Waals surface area contributed by atoms with Gasteiger partial charge in [-0.15, -0.1) is 0 Å². The lowest BCUT2D eigenvalue weighted by Crippen LogP contribution is -2.23. The van der Waals surface area contributed by atoms with Gasteiger partial charge in [0, 0.05) is 18.4 Å². The Kier molecular flexibility index (Phi) is 3.37. The number of rotatable bonds is 4. The van der Waals surface area contributed by atoms with Gasteiger partial charge in [-0.1, -0.05) is 0 Å². The largest absolute Gasteiger partial charge is 0.364 e. The fraction of sp³-hybridized carbons (Fsp3) is 0.417. The first-order valence-electron chi connectivity index (χ1n) is 5.69. The Labute approximate surface area is 101 Å². The molecule has 0 radical (unpaired) electrons. The highest BCUT2D eigenvalue weighted by molar-refractivity contribution is 5.34. The Balaban J connectivity index is 1.98. The molecule has 1 N–H and O–H groups in total. The highest BCUT2D eigenvalue weighted by Crippen LogP contribution is 2.07. The average Bonchev–Trinajstić information content (AvgIpc) is 2.76. The Bertz CT molecular complexity index is 478. The van der Waals surface area contributed by atoms with Crippen molar-refractivity contribution in [3.8, 4) is 0 Å². The lowest BCUT2D eigenvalue weighted by Gasteiger charge is -2.14. The van der Waals surface area contributed by atoms with Crippen molar-refractivity contribution in [3.63, 3.8) is 0 Å². The number of aromatic nitrogens is 4. The van der Waals surface area contributed by atoms with E-state index in [1.807, 2.05) is 30.8 Å². The molecule has 0 saturated carbocycles. The van der Waals surface area contributed by atoms with Crippen molar-refractivity contribution in [3.05, 3.63) is 36.0 Å². The van der Waals surface area contributed by atoms with E-state index < -0.39 is 0 Å². The molecule has 5 nitrogen and oxygen atoms in total. The molecule has 1 unspecified atom stereocenters. The standard InChI is InChI=1S/C12H17N5/c1-9(8-17-6-4-5-14-17)15-12-7-13-10(2)11(3)16-12/h4-7,9H,8H2,1-3H3,(H,15,16). The lowest BCUT2D eigenvalue weighted by atomic mass is 10.3. The Hall–Kier alpha value is -1.91. The molecule has 0 saturated heterocycles. The summed E-state index contributed by atoms with van der Waals surface area (Å²) in [7, 11) is 0. The van der Waals surface area contributed by atoms with Crippen LogP contribution in [-0.2, 0) is 6.54 Å². The maximum absolute atomic E-state index is 4.44. The van der Waals surface area contributed by atoms with Crippen molar-refractivity contribution in [2.24, 2.45) is 0 Å². The third kappa shape index (κ3) is 3.03. The number of aryl methyl sites for hydroxylation is 2. The van der Waals surface area contributed by atoms with Crippen LogP contribution < -0.4 is 5.32 Å². The molecule has 0 fully saturated rings. The van der Waals surface area contributed by atoms with Gasteiger partial charge in [-0.25, -0.2) is 4.98 Å². The Morgan fingerprint density at radius 2 is 2.18 bits per heavy atom. The molecule has 2 aromatic heterocycles. The summed E-state index contributed by atoms with van der Waals surface area (Å²) in [6.07, 6.45) is 5.49. The summed E-state index contributed by atoms with van der Waals surface area (Å²) in [5, 5.41) is 7.48. The minimum absolute atomic E-state index is 0.256. The van der Waals surface area contributed by atoms with Crippen LogP contribution in [0.15, 0.2) is 24.7 Å². The molecule has 0 aliphatic heterocycles. The molecule has 0 aromatic carbocycles. The van der Waals surface area contributed by atoms with Gasteiger partial charge in [-0.05, 0) is 26.8 Å². The monoisotopic (exact) mass is 231 g/mol. The Morgan fingerprint density at radius 3 is 2.82 bits per heavy atom. The fourth-order valence-corrected chi connectivity index (χ4v) is 1.60. The quantitative estimate of drug-likeness (QED) is 0.871. The van der Waals surface area contributed by atoms with Crippen LogP contribution in [0.1, 0.15) is 18.3 Å². The minimum atomic E-state index is 0.256. The topological polar surface area (TPSA) is 55.6 Å². The van der Waals surface area contributed by atoms with Crippen LogP contribution >= 0.6 is 0 Å². The van der Waals surface area contributed by atoms with Crippen LogP contribution in [-0.4, -0.2) is 25.8 Å². The summed E-state index contributed by atoms with van der Waals surface area (Å²) in [5.74, 6) is 0.813. The van der Waals surface area contributed by atoms with Gasteiger partial charge in [0.1, 0.15) is 5.82 Å². The maximum Gasteiger partial charge on any atom is 0.145 e.